The summed E-state index contributed by atoms with van der Waals surface area (Å²) in [7, 11) is 0. The van der Waals surface area contributed by atoms with E-state index in [1.807, 2.05) is 0 Å². The minimum atomic E-state index is -0.446. The average Bonchev–Trinajstić information content (AvgIpc) is 2.25. The third-order valence-electron chi connectivity index (χ3n) is 1.94. The normalized spacial score (nSPS) is 9.93. The largest absolute Gasteiger partial charge is 0.379 e. The molecule has 6 nitrogen and oxygen atoms in total. The maximum atomic E-state index is 10.6. The third-order valence-corrected chi connectivity index (χ3v) is 1.94. The summed E-state index contributed by atoms with van der Waals surface area (Å²) in [6, 6.07) is 1.60. The van der Waals surface area contributed by atoms with Crippen LogP contribution in [-0.2, 0) is 0 Å². The molecule has 0 bridgehead atoms. The van der Waals surface area contributed by atoms with Crippen LogP contribution in [0.3, 0.4) is 0 Å². The molecule has 0 unspecified atom stereocenters. The molecule has 3 N–H and O–H groups in total. The fraction of sp³-hybridized carbons (Fsp3) is 0.444. The van der Waals surface area contributed by atoms with Gasteiger partial charge in [0.05, 0.1) is 4.92 Å². The van der Waals surface area contributed by atoms with Crippen LogP contribution in [-0.4, -0.2) is 23.0 Å². The van der Waals surface area contributed by atoms with E-state index in [1.54, 1.807) is 6.07 Å². The number of pyridine rings is 1. The van der Waals surface area contributed by atoms with Gasteiger partial charge in [0.25, 0.3) is 0 Å². The van der Waals surface area contributed by atoms with Gasteiger partial charge in [0.2, 0.25) is 0 Å². The fourth-order valence-corrected chi connectivity index (χ4v) is 1.17. The molecule has 0 spiro atoms. The van der Waals surface area contributed by atoms with Gasteiger partial charge in [0.1, 0.15) is 11.9 Å². The molecule has 0 aromatic carbocycles. The van der Waals surface area contributed by atoms with E-state index >= 15 is 0 Å². The molecule has 82 valence electrons. The Balaban J connectivity index is 2.56. The monoisotopic (exact) mass is 210 g/mol. The maximum absolute atomic E-state index is 10.6. The van der Waals surface area contributed by atoms with Crippen LogP contribution in [0.1, 0.15) is 12.8 Å². The zero-order chi connectivity index (χ0) is 11.1. The molecule has 0 saturated carbocycles. The van der Waals surface area contributed by atoms with E-state index in [0.717, 1.165) is 12.8 Å². The lowest BCUT2D eigenvalue weighted by Crippen LogP contribution is -2.07. The van der Waals surface area contributed by atoms with E-state index in [0.29, 0.717) is 18.8 Å². The first-order valence-electron chi connectivity index (χ1n) is 4.78. The predicted octanol–water partition coefficient (Wildman–Crippen LogP) is 1.14. The topological polar surface area (TPSA) is 94.1 Å². The summed E-state index contributed by atoms with van der Waals surface area (Å²) in [5, 5.41) is 13.6. The number of aromatic nitrogens is 1. The number of hydrogen-bond donors (Lipinski definition) is 2. The van der Waals surface area contributed by atoms with Crippen molar-refractivity contribution < 1.29 is 4.92 Å². The number of nitrogens with one attached hydrogen (secondary N) is 1. The summed E-state index contributed by atoms with van der Waals surface area (Å²) in [4.78, 5) is 13.9. The van der Waals surface area contributed by atoms with E-state index < -0.39 is 4.92 Å². The van der Waals surface area contributed by atoms with Gasteiger partial charge < -0.3 is 11.1 Å². The fourth-order valence-electron chi connectivity index (χ4n) is 1.17. The van der Waals surface area contributed by atoms with Crippen molar-refractivity contribution in [3.63, 3.8) is 0 Å². The van der Waals surface area contributed by atoms with Gasteiger partial charge >= 0.3 is 5.69 Å². The van der Waals surface area contributed by atoms with Crippen LogP contribution in [0.25, 0.3) is 0 Å². The first kappa shape index (κ1) is 11.4. The van der Waals surface area contributed by atoms with Gasteiger partial charge in [-0.1, -0.05) is 0 Å². The number of anilines is 1. The molecule has 0 aliphatic carbocycles. The van der Waals surface area contributed by atoms with Crippen molar-refractivity contribution in [2.45, 2.75) is 12.8 Å². The van der Waals surface area contributed by atoms with Crippen LogP contribution in [0.5, 0.6) is 0 Å². The SMILES string of the molecule is NCCCCNc1ccncc1[N+](=O)[O-]. The molecule has 15 heavy (non-hydrogen) atoms. The lowest BCUT2D eigenvalue weighted by atomic mass is 10.3. The van der Waals surface area contributed by atoms with Crippen LogP contribution in [0.2, 0.25) is 0 Å². The van der Waals surface area contributed by atoms with Crippen molar-refractivity contribution >= 4 is 11.4 Å². The summed E-state index contributed by atoms with van der Waals surface area (Å²) < 4.78 is 0. The second-order valence-electron chi connectivity index (χ2n) is 3.07. The van der Waals surface area contributed by atoms with E-state index in [2.05, 4.69) is 10.3 Å². The number of nitrogens with zero attached hydrogens (tertiary/aromatic N) is 2. The summed E-state index contributed by atoms with van der Waals surface area (Å²) >= 11 is 0. The van der Waals surface area contributed by atoms with Crippen LogP contribution < -0.4 is 11.1 Å². The van der Waals surface area contributed by atoms with Gasteiger partial charge in [-0.2, -0.15) is 0 Å². The van der Waals surface area contributed by atoms with Gasteiger partial charge in [0, 0.05) is 12.7 Å². The average molecular weight is 210 g/mol. The van der Waals surface area contributed by atoms with Crippen molar-refractivity contribution in [1.29, 1.82) is 0 Å². The molecule has 1 rings (SSSR count). The van der Waals surface area contributed by atoms with Crippen molar-refractivity contribution in [3.8, 4) is 0 Å². The molecule has 0 radical (unpaired) electrons. The van der Waals surface area contributed by atoms with E-state index in [1.165, 1.54) is 12.4 Å². The van der Waals surface area contributed by atoms with Gasteiger partial charge in [-0.15, -0.1) is 0 Å². The van der Waals surface area contributed by atoms with Gasteiger partial charge in [0.15, 0.2) is 0 Å². The Morgan fingerprint density at radius 1 is 1.53 bits per heavy atom. The lowest BCUT2D eigenvalue weighted by Gasteiger charge is -2.05. The lowest BCUT2D eigenvalue weighted by molar-refractivity contribution is -0.384. The van der Waals surface area contributed by atoms with Gasteiger partial charge in [-0.05, 0) is 25.5 Å². The Bertz CT molecular complexity index is 330. The first-order valence-corrected chi connectivity index (χ1v) is 4.78. The molecule has 1 aromatic heterocycles. The van der Waals surface area contributed by atoms with Crippen LogP contribution in [0.4, 0.5) is 11.4 Å². The van der Waals surface area contributed by atoms with Crippen LogP contribution >= 0.6 is 0 Å². The summed E-state index contributed by atoms with van der Waals surface area (Å²) in [6.07, 6.45) is 4.57. The highest BCUT2D eigenvalue weighted by Crippen LogP contribution is 2.21. The smallest absolute Gasteiger partial charge is 0.310 e. The predicted molar refractivity (Wildman–Crippen MR) is 57.7 cm³/mol. The van der Waals surface area contributed by atoms with Gasteiger partial charge in [-0.3, -0.25) is 15.1 Å². The molecule has 0 aliphatic heterocycles. The minimum Gasteiger partial charge on any atom is -0.379 e. The highest BCUT2D eigenvalue weighted by molar-refractivity contribution is 5.59. The Morgan fingerprint density at radius 3 is 3.00 bits per heavy atom. The molecule has 0 atom stereocenters. The molecule has 0 fully saturated rings. The molecular formula is C9H14N4O2. The molecule has 0 saturated heterocycles. The second kappa shape index (κ2) is 5.92. The van der Waals surface area contributed by atoms with E-state index in [9.17, 15) is 10.1 Å². The Labute approximate surface area is 87.7 Å². The number of unbranched alkanes of at least 4 members (excludes halogenated alkanes) is 1. The minimum absolute atomic E-state index is 0.00486. The molecule has 1 heterocycles. The Morgan fingerprint density at radius 2 is 2.33 bits per heavy atom. The van der Waals surface area contributed by atoms with Crippen molar-refractivity contribution in [2.24, 2.45) is 5.73 Å². The summed E-state index contributed by atoms with van der Waals surface area (Å²) in [5.74, 6) is 0. The Hall–Kier alpha value is -1.69. The first-order chi connectivity index (χ1) is 7.25. The number of hydrogen-bond acceptors (Lipinski definition) is 5. The number of nitro groups is 1. The van der Waals surface area contributed by atoms with Crippen molar-refractivity contribution in [2.75, 3.05) is 18.4 Å². The standard InChI is InChI=1S/C9H14N4O2/c10-4-1-2-5-12-8-3-6-11-7-9(8)13(14)15/h3,6-7H,1-2,4-5,10H2,(H,11,12). The molecule has 6 heteroatoms. The van der Waals surface area contributed by atoms with E-state index in [4.69, 9.17) is 5.73 Å². The zero-order valence-corrected chi connectivity index (χ0v) is 8.35. The highest BCUT2D eigenvalue weighted by Gasteiger charge is 2.11. The Kier molecular flexibility index (Phi) is 4.49. The van der Waals surface area contributed by atoms with Crippen molar-refractivity contribution in [1.82, 2.24) is 4.98 Å². The maximum Gasteiger partial charge on any atom is 0.310 e. The zero-order valence-electron chi connectivity index (χ0n) is 8.35. The molecule has 1 aromatic rings. The molecule has 0 amide bonds. The quantitative estimate of drug-likeness (QED) is 0.417. The number of nitrogens with two attached hydrogens (primary N) is 1. The summed E-state index contributed by atoms with van der Waals surface area (Å²) in [5.41, 5.74) is 5.85. The number of rotatable bonds is 6. The van der Waals surface area contributed by atoms with Crippen LogP contribution in [0.15, 0.2) is 18.5 Å². The van der Waals surface area contributed by atoms with Crippen LogP contribution in [0, 0.1) is 10.1 Å². The summed E-state index contributed by atoms with van der Waals surface area (Å²) in [6.45, 7) is 1.32. The second-order valence-corrected chi connectivity index (χ2v) is 3.07. The third kappa shape index (κ3) is 3.51. The van der Waals surface area contributed by atoms with Crippen molar-refractivity contribution in [3.05, 3.63) is 28.6 Å². The van der Waals surface area contributed by atoms with E-state index in [-0.39, 0.29) is 5.69 Å². The highest BCUT2D eigenvalue weighted by atomic mass is 16.6. The molecule has 0 aliphatic rings. The van der Waals surface area contributed by atoms with Gasteiger partial charge in [-0.25, -0.2) is 0 Å². The molecular weight excluding hydrogens is 196 g/mol.